The number of likely N-dealkylation sites (tertiary alicyclic amines) is 1. The maximum absolute atomic E-state index is 12.3. The molecule has 2 rings (SSSR count). The molecule has 1 saturated carbocycles. The normalized spacial score (nSPS) is 28.0. The molecule has 2 aliphatic rings. The van der Waals surface area contributed by atoms with Crippen LogP contribution in [0.1, 0.15) is 58.3 Å². The van der Waals surface area contributed by atoms with Crippen LogP contribution in [-0.2, 0) is 9.59 Å². The predicted octanol–water partition coefficient (Wildman–Crippen LogP) is 1.41. The van der Waals surface area contributed by atoms with Gasteiger partial charge in [-0.25, -0.2) is 0 Å². The Morgan fingerprint density at radius 3 is 2.38 bits per heavy atom. The zero-order valence-electron chi connectivity index (χ0n) is 13.1. The van der Waals surface area contributed by atoms with Crippen molar-refractivity contribution in [2.45, 2.75) is 70.4 Å². The summed E-state index contributed by atoms with van der Waals surface area (Å²) < 4.78 is 0. The summed E-state index contributed by atoms with van der Waals surface area (Å²) in [7, 11) is 0. The number of amides is 2. The highest BCUT2D eigenvalue weighted by Gasteiger charge is 2.25. The predicted molar refractivity (Wildman–Crippen MR) is 82.6 cm³/mol. The molecule has 0 spiro atoms. The van der Waals surface area contributed by atoms with Gasteiger partial charge < -0.3 is 16.0 Å². The lowest BCUT2D eigenvalue weighted by Gasteiger charge is -2.30. The Morgan fingerprint density at radius 2 is 1.76 bits per heavy atom. The van der Waals surface area contributed by atoms with Gasteiger partial charge in [0.25, 0.3) is 0 Å². The van der Waals surface area contributed by atoms with Crippen LogP contribution in [0.5, 0.6) is 0 Å². The summed E-state index contributed by atoms with van der Waals surface area (Å²) in [6.07, 6.45) is 7.98. The topological polar surface area (TPSA) is 75.4 Å². The average Bonchev–Trinajstić information content (AvgIpc) is 2.49. The Bertz CT molecular complexity index is 359. The first-order chi connectivity index (χ1) is 10.1. The second-order valence-corrected chi connectivity index (χ2v) is 6.66. The molecular weight excluding hydrogens is 266 g/mol. The number of nitrogens with one attached hydrogen (secondary N) is 1. The number of nitrogens with two attached hydrogens (primary N) is 1. The molecular formula is C16H29N3O2. The first-order valence-corrected chi connectivity index (χ1v) is 8.40. The van der Waals surface area contributed by atoms with E-state index in [1.807, 2.05) is 4.90 Å². The quantitative estimate of drug-likeness (QED) is 0.823. The Morgan fingerprint density at radius 1 is 1.14 bits per heavy atom. The summed E-state index contributed by atoms with van der Waals surface area (Å²) in [6.45, 7) is 3.46. The molecule has 1 atom stereocenters. The zero-order chi connectivity index (χ0) is 15.2. The van der Waals surface area contributed by atoms with E-state index in [2.05, 4.69) is 5.32 Å². The van der Waals surface area contributed by atoms with Crippen molar-refractivity contribution in [3.8, 4) is 0 Å². The molecule has 1 saturated heterocycles. The lowest BCUT2D eigenvalue weighted by Crippen LogP contribution is -2.48. The fraction of sp³-hybridized carbons (Fsp3) is 0.875. The monoisotopic (exact) mass is 295 g/mol. The maximum atomic E-state index is 12.3. The summed E-state index contributed by atoms with van der Waals surface area (Å²) in [6, 6.07) is -0.0923. The molecule has 2 amide bonds. The van der Waals surface area contributed by atoms with Crippen molar-refractivity contribution in [3.05, 3.63) is 0 Å². The first kappa shape index (κ1) is 16.3. The molecule has 1 heterocycles. The second-order valence-electron chi connectivity index (χ2n) is 6.66. The van der Waals surface area contributed by atoms with Gasteiger partial charge in [-0.2, -0.15) is 0 Å². The maximum Gasteiger partial charge on any atom is 0.244 e. The Balaban J connectivity index is 1.72. The van der Waals surface area contributed by atoms with E-state index in [-0.39, 0.29) is 11.8 Å². The van der Waals surface area contributed by atoms with E-state index >= 15 is 0 Å². The van der Waals surface area contributed by atoms with Crippen LogP contribution in [0.4, 0.5) is 0 Å². The third-order valence-electron chi connectivity index (χ3n) is 4.78. The highest BCUT2D eigenvalue weighted by molar-refractivity contribution is 5.87. The molecule has 0 aromatic heterocycles. The Hall–Kier alpha value is -1.10. The molecule has 1 aliphatic carbocycles. The molecule has 120 valence electrons. The van der Waals surface area contributed by atoms with Crippen molar-refractivity contribution in [1.29, 1.82) is 0 Å². The van der Waals surface area contributed by atoms with E-state index in [1.54, 1.807) is 6.92 Å². The van der Waals surface area contributed by atoms with Crippen molar-refractivity contribution in [2.75, 3.05) is 13.1 Å². The van der Waals surface area contributed by atoms with Crippen molar-refractivity contribution < 1.29 is 9.59 Å². The molecule has 3 N–H and O–H groups in total. The number of carbonyl (C=O) groups is 2. The van der Waals surface area contributed by atoms with Gasteiger partial charge >= 0.3 is 0 Å². The smallest absolute Gasteiger partial charge is 0.244 e. The zero-order valence-corrected chi connectivity index (χ0v) is 13.1. The highest BCUT2D eigenvalue weighted by atomic mass is 16.2. The standard InChI is InChI=1S/C16H29N3O2/c1-12(16(21)19-9-3-2-4-10-19)18-15(20)11-13-5-7-14(17)8-6-13/h12-14H,2-11,17H2,1H3,(H,18,20). The van der Waals surface area contributed by atoms with Gasteiger partial charge in [-0.3, -0.25) is 9.59 Å². The van der Waals surface area contributed by atoms with Crippen LogP contribution in [0.25, 0.3) is 0 Å². The first-order valence-electron chi connectivity index (χ1n) is 8.40. The third kappa shape index (κ3) is 4.99. The average molecular weight is 295 g/mol. The molecule has 0 aromatic carbocycles. The summed E-state index contributed by atoms with van der Waals surface area (Å²) in [4.78, 5) is 26.2. The van der Waals surface area contributed by atoms with Gasteiger partial charge in [0.05, 0.1) is 0 Å². The van der Waals surface area contributed by atoms with Gasteiger partial charge in [0.2, 0.25) is 11.8 Å². The van der Waals surface area contributed by atoms with E-state index in [0.717, 1.165) is 51.6 Å². The number of hydrogen-bond donors (Lipinski definition) is 2. The van der Waals surface area contributed by atoms with Crippen LogP contribution in [0.2, 0.25) is 0 Å². The lowest BCUT2D eigenvalue weighted by molar-refractivity contribution is -0.137. The van der Waals surface area contributed by atoms with Crippen LogP contribution in [0.3, 0.4) is 0 Å². The minimum atomic E-state index is -0.401. The van der Waals surface area contributed by atoms with E-state index in [4.69, 9.17) is 5.73 Å². The molecule has 5 heteroatoms. The largest absolute Gasteiger partial charge is 0.345 e. The van der Waals surface area contributed by atoms with E-state index in [9.17, 15) is 9.59 Å². The van der Waals surface area contributed by atoms with Crippen molar-refractivity contribution in [3.63, 3.8) is 0 Å². The molecule has 21 heavy (non-hydrogen) atoms. The van der Waals surface area contributed by atoms with E-state index in [1.165, 1.54) is 6.42 Å². The molecule has 0 radical (unpaired) electrons. The van der Waals surface area contributed by atoms with Gasteiger partial charge in [-0.1, -0.05) is 0 Å². The summed E-state index contributed by atoms with van der Waals surface area (Å²) in [5, 5.41) is 2.87. The van der Waals surface area contributed by atoms with Crippen molar-refractivity contribution in [1.82, 2.24) is 10.2 Å². The third-order valence-corrected chi connectivity index (χ3v) is 4.78. The van der Waals surface area contributed by atoms with Gasteiger partial charge in [0.1, 0.15) is 6.04 Å². The minimum Gasteiger partial charge on any atom is -0.345 e. The number of nitrogens with zero attached hydrogens (tertiary/aromatic N) is 1. The Labute approximate surface area is 127 Å². The molecule has 0 aromatic rings. The van der Waals surface area contributed by atoms with Crippen LogP contribution in [0, 0.1) is 5.92 Å². The van der Waals surface area contributed by atoms with Crippen LogP contribution in [0.15, 0.2) is 0 Å². The SMILES string of the molecule is CC(NC(=O)CC1CCC(N)CC1)C(=O)N1CCCCC1. The number of rotatable bonds is 4. The van der Waals surface area contributed by atoms with Crippen molar-refractivity contribution >= 4 is 11.8 Å². The highest BCUT2D eigenvalue weighted by Crippen LogP contribution is 2.25. The van der Waals surface area contributed by atoms with Crippen molar-refractivity contribution in [2.24, 2.45) is 11.7 Å². The van der Waals surface area contributed by atoms with Gasteiger partial charge in [0.15, 0.2) is 0 Å². The van der Waals surface area contributed by atoms with Crippen LogP contribution in [-0.4, -0.2) is 41.9 Å². The van der Waals surface area contributed by atoms with Gasteiger partial charge in [0, 0.05) is 25.6 Å². The number of piperidine rings is 1. The number of hydrogen-bond acceptors (Lipinski definition) is 3. The summed E-state index contributed by atoms with van der Waals surface area (Å²) in [5.41, 5.74) is 5.88. The minimum absolute atomic E-state index is 0.00771. The van der Waals surface area contributed by atoms with E-state index < -0.39 is 6.04 Å². The fourth-order valence-corrected chi connectivity index (χ4v) is 3.40. The summed E-state index contributed by atoms with van der Waals surface area (Å²) >= 11 is 0. The fourth-order valence-electron chi connectivity index (χ4n) is 3.40. The second kappa shape index (κ2) is 7.78. The molecule has 2 fully saturated rings. The summed E-state index contributed by atoms with van der Waals surface area (Å²) in [5.74, 6) is 0.504. The number of carbonyl (C=O) groups excluding carboxylic acids is 2. The van der Waals surface area contributed by atoms with E-state index in [0.29, 0.717) is 18.4 Å². The molecule has 0 bridgehead atoms. The molecule has 1 unspecified atom stereocenters. The van der Waals surface area contributed by atoms with Crippen LogP contribution < -0.4 is 11.1 Å². The van der Waals surface area contributed by atoms with Gasteiger partial charge in [-0.05, 0) is 57.8 Å². The lowest BCUT2D eigenvalue weighted by atomic mass is 9.84. The Kier molecular flexibility index (Phi) is 6.03. The molecule has 5 nitrogen and oxygen atoms in total. The van der Waals surface area contributed by atoms with Crippen LogP contribution >= 0.6 is 0 Å². The van der Waals surface area contributed by atoms with Gasteiger partial charge in [-0.15, -0.1) is 0 Å². The molecule has 1 aliphatic heterocycles.